The first-order valence-corrected chi connectivity index (χ1v) is 6.59. The summed E-state index contributed by atoms with van der Waals surface area (Å²) in [4.78, 5) is 4.13. The van der Waals surface area contributed by atoms with Crippen LogP contribution in [0.25, 0.3) is 0 Å². The predicted molar refractivity (Wildman–Crippen MR) is 70.5 cm³/mol. The summed E-state index contributed by atoms with van der Waals surface area (Å²) >= 11 is 5.85. The fourth-order valence-electron chi connectivity index (χ4n) is 2.28. The molecule has 1 fully saturated rings. The fraction of sp³-hybridized carbons (Fsp3) is 0.538. The van der Waals surface area contributed by atoms with Gasteiger partial charge < -0.3 is 10.4 Å². The highest BCUT2D eigenvalue weighted by atomic mass is 35.5. The first-order chi connectivity index (χ1) is 8.69. The molecule has 2 unspecified atom stereocenters. The summed E-state index contributed by atoms with van der Waals surface area (Å²) in [7, 11) is 0. The third-order valence-corrected chi connectivity index (χ3v) is 3.43. The number of hydrogen-bond acceptors (Lipinski definition) is 4. The summed E-state index contributed by atoms with van der Waals surface area (Å²) in [5, 5.41) is 22.4. The topological polar surface area (TPSA) is 68.9 Å². The molecule has 1 saturated carbocycles. The van der Waals surface area contributed by atoms with Crippen LogP contribution in [0.3, 0.4) is 0 Å². The molecule has 96 valence electrons. The Hall–Kier alpha value is -1.31. The summed E-state index contributed by atoms with van der Waals surface area (Å²) in [5.41, 5.74) is 0.473. The number of nitriles is 1. The van der Waals surface area contributed by atoms with Crippen LogP contribution in [0.1, 0.15) is 37.7 Å². The highest BCUT2D eigenvalue weighted by molar-refractivity contribution is 6.29. The number of rotatable bonds is 2. The SMILES string of the molecule is N#Cc1cc(Cl)nc(NC2CCCCCC2O)c1. The van der Waals surface area contributed by atoms with Crippen LogP contribution in [-0.2, 0) is 0 Å². The molecule has 1 aliphatic carbocycles. The van der Waals surface area contributed by atoms with Gasteiger partial charge in [0.15, 0.2) is 0 Å². The number of aliphatic hydroxyl groups is 1. The maximum atomic E-state index is 10.0. The second-order valence-electron chi connectivity index (χ2n) is 4.63. The van der Waals surface area contributed by atoms with Crippen LogP contribution in [0, 0.1) is 11.3 Å². The largest absolute Gasteiger partial charge is 0.391 e. The smallest absolute Gasteiger partial charge is 0.132 e. The monoisotopic (exact) mass is 265 g/mol. The van der Waals surface area contributed by atoms with Crippen molar-refractivity contribution in [3.05, 3.63) is 22.8 Å². The standard InChI is InChI=1S/C13H16ClN3O/c14-12-6-9(8-15)7-13(17-12)16-10-4-2-1-3-5-11(10)18/h6-7,10-11,18H,1-5H2,(H,16,17). The van der Waals surface area contributed by atoms with Crippen LogP contribution in [0.2, 0.25) is 5.15 Å². The predicted octanol–water partition coefficient (Wildman–Crippen LogP) is 2.71. The van der Waals surface area contributed by atoms with Gasteiger partial charge in [0.25, 0.3) is 0 Å². The van der Waals surface area contributed by atoms with Crippen LogP contribution in [0.15, 0.2) is 12.1 Å². The van der Waals surface area contributed by atoms with Gasteiger partial charge in [-0.3, -0.25) is 0 Å². The van der Waals surface area contributed by atoms with Crippen LogP contribution >= 0.6 is 11.6 Å². The molecule has 0 aliphatic heterocycles. The zero-order chi connectivity index (χ0) is 13.0. The maximum absolute atomic E-state index is 10.0. The van der Waals surface area contributed by atoms with E-state index in [-0.39, 0.29) is 12.1 Å². The zero-order valence-electron chi connectivity index (χ0n) is 10.1. The number of hydrogen-bond donors (Lipinski definition) is 2. The van der Waals surface area contributed by atoms with Crippen molar-refractivity contribution < 1.29 is 5.11 Å². The summed E-state index contributed by atoms with van der Waals surface area (Å²) in [6.07, 6.45) is 4.67. The van der Waals surface area contributed by atoms with Gasteiger partial charge in [-0.25, -0.2) is 4.98 Å². The number of anilines is 1. The molecule has 2 atom stereocenters. The van der Waals surface area contributed by atoms with Gasteiger partial charge in [-0.05, 0) is 25.0 Å². The lowest BCUT2D eigenvalue weighted by Gasteiger charge is -2.22. The van der Waals surface area contributed by atoms with E-state index in [1.165, 1.54) is 6.07 Å². The average Bonchev–Trinajstić information content (AvgIpc) is 2.54. The van der Waals surface area contributed by atoms with E-state index in [1.807, 2.05) is 6.07 Å². The van der Waals surface area contributed by atoms with Crippen molar-refractivity contribution in [3.63, 3.8) is 0 Å². The van der Waals surface area contributed by atoms with E-state index < -0.39 is 0 Å². The molecule has 0 radical (unpaired) electrons. The van der Waals surface area contributed by atoms with Gasteiger partial charge in [-0.15, -0.1) is 0 Å². The van der Waals surface area contributed by atoms with Gasteiger partial charge in [0, 0.05) is 0 Å². The third kappa shape index (κ3) is 3.34. The number of nitrogens with one attached hydrogen (secondary N) is 1. The van der Waals surface area contributed by atoms with E-state index in [0.29, 0.717) is 16.5 Å². The normalized spacial score (nSPS) is 24.1. The molecule has 2 rings (SSSR count). The molecule has 0 spiro atoms. The third-order valence-electron chi connectivity index (χ3n) is 3.24. The van der Waals surface area contributed by atoms with Crippen LogP contribution in [0.4, 0.5) is 5.82 Å². The lowest BCUT2D eigenvalue weighted by Crippen LogP contribution is -2.32. The quantitative estimate of drug-likeness (QED) is 0.637. The summed E-state index contributed by atoms with van der Waals surface area (Å²) in [6.45, 7) is 0. The van der Waals surface area contributed by atoms with Crippen molar-refractivity contribution in [1.29, 1.82) is 5.26 Å². The van der Waals surface area contributed by atoms with Crippen molar-refractivity contribution in [3.8, 4) is 6.07 Å². The molecule has 1 heterocycles. The molecule has 5 heteroatoms. The van der Waals surface area contributed by atoms with Gasteiger partial charge in [0.1, 0.15) is 11.0 Å². The highest BCUT2D eigenvalue weighted by Gasteiger charge is 2.21. The second kappa shape index (κ2) is 6.03. The zero-order valence-corrected chi connectivity index (χ0v) is 10.8. The number of aromatic nitrogens is 1. The van der Waals surface area contributed by atoms with Crippen molar-refractivity contribution in [1.82, 2.24) is 4.98 Å². The first-order valence-electron chi connectivity index (χ1n) is 6.21. The van der Waals surface area contributed by atoms with E-state index in [9.17, 15) is 5.11 Å². The van der Waals surface area contributed by atoms with Crippen molar-refractivity contribution in [2.45, 2.75) is 44.2 Å². The summed E-state index contributed by atoms with van der Waals surface area (Å²) in [6, 6.07) is 5.21. The first kappa shape index (κ1) is 13.1. The lowest BCUT2D eigenvalue weighted by atomic mass is 10.1. The number of halogens is 1. The van der Waals surface area contributed by atoms with E-state index in [0.717, 1.165) is 32.1 Å². The minimum Gasteiger partial charge on any atom is -0.391 e. The molecule has 0 bridgehead atoms. The summed E-state index contributed by atoms with van der Waals surface area (Å²) in [5.74, 6) is 0.560. The lowest BCUT2D eigenvalue weighted by molar-refractivity contribution is 0.144. The van der Waals surface area contributed by atoms with Crippen molar-refractivity contribution in [2.24, 2.45) is 0 Å². The molecule has 2 N–H and O–H groups in total. The Balaban J connectivity index is 2.12. The van der Waals surface area contributed by atoms with Crippen LogP contribution in [-0.4, -0.2) is 22.2 Å². The van der Waals surface area contributed by atoms with Gasteiger partial charge in [-0.2, -0.15) is 5.26 Å². The van der Waals surface area contributed by atoms with E-state index >= 15 is 0 Å². The molecule has 0 amide bonds. The van der Waals surface area contributed by atoms with E-state index in [2.05, 4.69) is 10.3 Å². The average molecular weight is 266 g/mol. The highest BCUT2D eigenvalue weighted by Crippen LogP contribution is 2.22. The number of aliphatic hydroxyl groups excluding tert-OH is 1. The molecule has 1 aliphatic rings. The van der Waals surface area contributed by atoms with Gasteiger partial charge in [0.2, 0.25) is 0 Å². The molecule has 18 heavy (non-hydrogen) atoms. The minimum absolute atomic E-state index is 0.00925. The maximum Gasteiger partial charge on any atom is 0.132 e. The Morgan fingerprint density at radius 1 is 1.33 bits per heavy atom. The second-order valence-corrected chi connectivity index (χ2v) is 5.02. The Kier molecular flexibility index (Phi) is 4.40. The molecule has 1 aromatic rings. The van der Waals surface area contributed by atoms with Crippen LogP contribution in [0.5, 0.6) is 0 Å². The Labute approximate surface area is 112 Å². The number of pyridine rings is 1. The number of nitrogens with zero attached hydrogens (tertiary/aromatic N) is 2. The van der Waals surface area contributed by atoms with Crippen molar-refractivity contribution in [2.75, 3.05) is 5.32 Å². The van der Waals surface area contributed by atoms with Crippen molar-refractivity contribution >= 4 is 17.4 Å². The Morgan fingerprint density at radius 3 is 2.89 bits per heavy atom. The van der Waals surface area contributed by atoms with Gasteiger partial charge >= 0.3 is 0 Å². The Bertz CT molecular complexity index is 458. The molecular weight excluding hydrogens is 250 g/mol. The molecular formula is C13H16ClN3O. The van der Waals surface area contributed by atoms with Gasteiger partial charge in [0.05, 0.1) is 23.8 Å². The minimum atomic E-state index is -0.362. The molecule has 1 aromatic heterocycles. The van der Waals surface area contributed by atoms with E-state index in [1.54, 1.807) is 6.07 Å². The summed E-state index contributed by atoms with van der Waals surface area (Å²) < 4.78 is 0. The molecule has 0 aromatic carbocycles. The molecule has 4 nitrogen and oxygen atoms in total. The van der Waals surface area contributed by atoms with E-state index in [4.69, 9.17) is 16.9 Å². The van der Waals surface area contributed by atoms with Gasteiger partial charge in [-0.1, -0.05) is 30.9 Å². The van der Waals surface area contributed by atoms with Crippen LogP contribution < -0.4 is 5.32 Å². The fourth-order valence-corrected chi connectivity index (χ4v) is 2.49. The molecule has 0 saturated heterocycles. The Morgan fingerprint density at radius 2 is 2.11 bits per heavy atom.